The molecule has 0 aliphatic carbocycles. The van der Waals surface area contributed by atoms with Crippen LogP contribution in [0.25, 0.3) is 0 Å². The Labute approximate surface area is 121 Å². The van der Waals surface area contributed by atoms with Crippen LogP contribution in [0.3, 0.4) is 0 Å². The van der Waals surface area contributed by atoms with Crippen LogP contribution in [0.4, 0.5) is 14.5 Å². The van der Waals surface area contributed by atoms with Gasteiger partial charge in [0.05, 0.1) is 18.0 Å². The molecule has 2 unspecified atom stereocenters. The maximum Gasteiger partial charge on any atom is 0.231 e. The van der Waals surface area contributed by atoms with Crippen LogP contribution in [0.5, 0.6) is 5.75 Å². The van der Waals surface area contributed by atoms with Crippen LogP contribution in [-0.4, -0.2) is 42.6 Å². The molecule has 2 rings (SSSR count). The third-order valence-electron chi connectivity index (χ3n) is 3.72. The van der Waals surface area contributed by atoms with E-state index in [0.29, 0.717) is 19.0 Å². The van der Waals surface area contributed by atoms with Gasteiger partial charge in [0.1, 0.15) is 17.3 Å². The smallest absolute Gasteiger partial charge is 0.231 e. The van der Waals surface area contributed by atoms with Crippen molar-refractivity contribution in [2.24, 2.45) is 5.92 Å². The first kappa shape index (κ1) is 15.2. The van der Waals surface area contributed by atoms with Crippen LogP contribution in [0.15, 0.2) is 12.1 Å². The van der Waals surface area contributed by atoms with Crippen LogP contribution < -0.4 is 4.90 Å². The van der Waals surface area contributed by atoms with E-state index < -0.39 is 29.2 Å². The van der Waals surface area contributed by atoms with Gasteiger partial charge in [0.15, 0.2) is 5.82 Å². The first-order valence-electron chi connectivity index (χ1n) is 6.40. The number of phenols is 1. The molecule has 7 heteroatoms. The second-order valence-corrected chi connectivity index (χ2v) is 5.17. The average molecular weight is 295 g/mol. The Balaban J connectivity index is 2.23. The van der Waals surface area contributed by atoms with E-state index in [1.165, 1.54) is 7.05 Å². The predicted molar refractivity (Wildman–Crippen MR) is 71.6 cm³/mol. The number of carbonyl (C=O) groups excluding carboxylic acids is 1. The lowest BCUT2D eigenvalue weighted by atomic mass is 10.0. The zero-order chi connectivity index (χ0) is 15.7. The van der Waals surface area contributed by atoms with E-state index in [0.717, 1.165) is 11.0 Å². The van der Waals surface area contributed by atoms with Crippen molar-refractivity contribution >= 4 is 11.6 Å². The van der Waals surface area contributed by atoms with Gasteiger partial charge >= 0.3 is 0 Å². The van der Waals surface area contributed by atoms with Gasteiger partial charge in [-0.2, -0.15) is 5.26 Å². The van der Waals surface area contributed by atoms with Crippen LogP contribution in [0.1, 0.15) is 6.42 Å². The molecule has 0 aromatic heterocycles. The molecule has 2 atom stereocenters. The van der Waals surface area contributed by atoms with Crippen LogP contribution in [0, 0.1) is 28.9 Å². The molecule has 0 bridgehead atoms. The fraction of sp³-hybridized carbons (Fsp3) is 0.429. The number of likely N-dealkylation sites (tertiary alicyclic amines) is 1. The minimum absolute atomic E-state index is 0.347. The topological polar surface area (TPSA) is 67.6 Å². The van der Waals surface area contributed by atoms with Gasteiger partial charge in [-0.15, -0.1) is 0 Å². The van der Waals surface area contributed by atoms with Crippen molar-refractivity contribution in [1.82, 2.24) is 4.90 Å². The van der Waals surface area contributed by atoms with Gasteiger partial charge < -0.3 is 10.0 Å². The highest BCUT2D eigenvalue weighted by Crippen LogP contribution is 2.33. The minimum Gasteiger partial charge on any atom is -0.506 e. The number of hydrogen-bond acceptors (Lipinski definition) is 4. The van der Waals surface area contributed by atoms with Gasteiger partial charge in [-0.25, -0.2) is 8.78 Å². The Morgan fingerprint density at radius 2 is 2.19 bits per heavy atom. The van der Waals surface area contributed by atoms with E-state index in [-0.39, 0.29) is 11.7 Å². The molecule has 1 aromatic carbocycles. The van der Waals surface area contributed by atoms with Crippen LogP contribution >= 0.6 is 0 Å². The molecule has 5 nitrogen and oxygen atoms in total. The summed E-state index contributed by atoms with van der Waals surface area (Å²) in [4.78, 5) is 15.1. The fourth-order valence-corrected chi connectivity index (χ4v) is 2.60. The quantitative estimate of drug-likeness (QED) is 0.897. The molecule has 1 aliphatic rings. The molecule has 21 heavy (non-hydrogen) atoms. The highest BCUT2D eigenvalue weighted by molar-refractivity contribution is 5.96. The number of nitriles is 1. The first-order chi connectivity index (χ1) is 9.85. The van der Waals surface area contributed by atoms with E-state index >= 15 is 0 Å². The third kappa shape index (κ3) is 2.81. The molecule has 0 saturated carbocycles. The summed E-state index contributed by atoms with van der Waals surface area (Å²) in [5.74, 6) is -3.44. The van der Waals surface area contributed by atoms with Gasteiger partial charge in [-0.1, -0.05) is 0 Å². The number of carbonyl (C=O) groups is 1. The Hall–Kier alpha value is -2.20. The molecule has 1 amide bonds. The highest BCUT2D eigenvalue weighted by Gasteiger charge is 2.36. The number of anilines is 1. The van der Waals surface area contributed by atoms with Crippen molar-refractivity contribution in [2.75, 3.05) is 25.5 Å². The standard InChI is InChI=1S/C14H15F2N3O2/c1-18-7-8(3-10(18)6-17)14(21)19(2)13-11(16)4-9(15)5-12(13)20/h4-5,8,10,20H,3,7H2,1-2H3. The molecule has 112 valence electrons. The molecule has 1 heterocycles. The molecule has 0 spiro atoms. The SMILES string of the molecule is CN(C(=O)C1CC(C#N)N(C)C1)c1c(O)cc(F)cc1F. The van der Waals surface area contributed by atoms with Crippen LogP contribution in [0.2, 0.25) is 0 Å². The summed E-state index contributed by atoms with van der Waals surface area (Å²) in [6.07, 6.45) is 0.347. The summed E-state index contributed by atoms with van der Waals surface area (Å²) in [5.41, 5.74) is -0.357. The van der Waals surface area contributed by atoms with E-state index in [9.17, 15) is 18.7 Å². The molecule has 1 N–H and O–H groups in total. The summed E-state index contributed by atoms with van der Waals surface area (Å²) in [6, 6.07) is 3.09. The van der Waals surface area contributed by atoms with Crippen molar-refractivity contribution in [3.05, 3.63) is 23.8 Å². The first-order valence-corrected chi connectivity index (χ1v) is 6.40. The maximum absolute atomic E-state index is 13.8. The van der Waals surface area contributed by atoms with Crippen molar-refractivity contribution in [1.29, 1.82) is 5.26 Å². The maximum atomic E-state index is 13.8. The second-order valence-electron chi connectivity index (χ2n) is 5.17. The fourth-order valence-electron chi connectivity index (χ4n) is 2.60. The van der Waals surface area contributed by atoms with E-state index in [4.69, 9.17) is 5.26 Å². The van der Waals surface area contributed by atoms with Gasteiger partial charge in [0.25, 0.3) is 0 Å². The van der Waals surface area contributed by atoms with Crippen molar-refractivity contribution in [3.8, 4) is 11.8 Å². The normalized spacial score (nSPS) is 22.0. The summed E-state index contributed by atoms with van der Waals surface area (Å²) < 4.78 is 26.7. The zero-order valence-electron chi connectivity index (χ0n) is 11.7. The Morgan fingerprint density at radius 3 is 2.71 bits per heavy atom. The van der Waals surface area contributed by atoms with E-state index in [2.05, 4.69) is 6.07 Å². The minimum atomic E-state index is -1.01. The van der Waals surface area contributed by atoms with Gasteiger partial charge in [-0.05, 0) is 13.5 Å². The molecular formula is C14H15F2N3O2. The molecule has 0 radical (unpaired) electrons. The Bertz CT molecular complexity index is 592. The lowest BCUT2D eigenvalue weighted by Crippen LogP contribution is -2.34. The molecular weight excluding hydrogens is 280 g/mol. The number of benzene rings is 1. The Morgan fingerprint density at radius 1 is 1.52 bits per heavy atom. The van der Waals surface area contributed by atoms with Gasteiger partial charge in [0.2, 0.25) is 5.91 Å². The third-order valence-corrected chi connectivity index (χ3v) is 3.72. The van der Waals surface area contributed by atoms with Crippen molar-refractivity contribution in [2.45, 2.75) is 12.5 Å². The second kappa shape index (κ2) is 5.66. The summed E-state index contributed by atoms with van der Waals surface area (Å²) in [5, 5.41) is 18.6. The van der Waals surface area contributed by atoms with E-state index in [1.54, 1.807) is 11.9 Å². The number of hydrogen-bond donors (Lipinski definition) is 1. The van der Waals surface area contributed by atoms with Gasteiger partial charge in [0, 0.05) is 25.7 Å². The van der Waals surface area contributed by atoms with E-state index in [1.807, 2.05) is 0 Å². The van der Waals surface area contributed by atoms with Gasteiger partial charge in [-0.3, -0.25) is 9.69 Å². The monoisotopic (exact) mass is 295 g/mol. The lowest BCUT2D eigenvalue weighted by molar-refractivity contribution is -0.121. The molecule has 1 aromatic rings. The van der Waals surface area contributed by atoms with Crippen molar-refractivity contribution in [3.63, 3.8) is 0 Å². The summed E-state index contributed by atoms with van der Waals surface area (Å²) in [6.45, 7) is 0.380. The number of phenolic OH excluding ortho intramolecular Hbond substituents is 1. The number of rotatable bonds is 2. The van der Waals surface area contributed by atoms with Crippen molar-refractivity contribution < 1.29 is 18.7 Å². The predicted octanol–water partition coefficient (Wildman–Crippen LogP) is 1.48. The Kier molecular flexibility index (Phi) is 4.09. The van der Waals surface area contributed by atoms with Crippen LogP contribution in [-0.2, 0) is 4.79 Å². The number of aromatic hydroxyl groups is 1. The largest absolute Gasteiger partial charge is 0.506 e. The average Bonchev–Trinajstić information content (AvgIpc) is 2.77. The zero-order valence-corrected chi connectivity index (χ0v) is 11.7. The number of nitrogens with zero attached hydrogens (tertiary/aromatic N) is 3. The summed E-state index contributed by atoms with van der Waals surface area (Å²) in [7, 11) is 3.05. The molecule has 1 saturated heterocycles. The summed E-state index contributed by atoms with van der Waals surface area (Å²) >= 11 is 0. The lowest BCUT2D eigenvalue weighted by Gasteiger charge is -2.22. The highest BCUT2D eigenvalue weighted by atomic mass is 19.1. The number of amides is 1. The molecule has 1 aliphatic heterocycles. The molecule has 1 fully saturated rings. The number of halogens is 2.